The molecule has 31 heavy (non-hydrogen) atoms. The van der Waals surface area contributed by atoms with E-state index in [-0.39, 0.29) is 11.7 Å². The number of ether oxygens (including phenoxy) is 1. The third-order valence-electron chi connectivity index (χ3n) is 5.21. The molecule has 1 aromatic carbocycles. The number of carbonyl (C=O) groups excluding carboxylic acids is 2. The fourth-order valence-electron chi connectivity index (χ4n) is 3.55. The minimum atomic E-state index is -0.678. The fraction of sp³-hybridized carbons (Fsp3) is 0.381. The number of benzene rings is 1. The van der Waals surface area contributed by atoms with Gasteiger partial charge in [0, 0.05) is 33.2 Å². The van der Waals surface area contributed by atoms with Gasteiger partial charge in [0.25, 0.3) is 11.8 Å². The van der Waals surface area contributed by atoms with Crippen LogP contribution < -0.4 is 10.2 Å². The molecule has 0 spiro atoms. The standard InChI is InChI=1S/C21H25N7O3/c1-26-18-12-16(9-11-31-2)24-28(18)10-8-17(21(26)30)23-20(29)19-22-14-27(25-19)13-15-6-4-3-5-7-15/h3-7,12,14,17H,8-11,13H2,1-2H3,(H,23,29)/t17-/m0/s1. The Morgan fingerprint density at radius 2 is 2.06 bits per heavy atom. The zero-order chi connectivity index (χ0) is 21.8. The largest absolute Gasteiger partial charge is 0.384 e. The molecule has 2 amide bonds. The Morgan fingerprint density at radius 3 is 2.84 bits per heavy atom. The Kier molecular flexibility index (Phi) is 6.08. The second-order valence-electron chi connectivity index (χ2n) is 7.42. The minimum absolute atomic E-state index is 0.0372. The summed E-state index contributed by atoms with van der Waals surface area (Å²) in [5, 5.41) is 11.6. The quantitative estimate of drug-likeness (QED) is 0.605. The van der Waals surface area contributed by atoms with Crippen molar-refractivity contribution in [3.05, 3.63) is 59.8 Å². The zero-order valence-corrected chi connectivity index (χ0v) is 17.6. The first-order valence-electron chi connectivity index (χ1n) is 10.1. The van der Waals surface area contributed by atoms with Gasteiger partial charge in [-0.15, -0.1) is 5.10 Å². The van der Waals surface area contributed by atoms with Gasteiger partial charge in [-0.2, -0.15) is 5.10 Å². The van der Waals surface area contributed by atoms with Crippen molar-refractivity contribution in [1.82, 2.24) is 29.9 Å². The van der Waals surface area contributed by atoms with Gasteiger partial charge in [-0.3, -0.25) is 14.5 Å². The number of rotatable bonds is 7. The van der Waals surface area contributed by atoms with Gasteiger partial charge in [0.2, 0.25) is 5.82 Å². The maximum atomic E-state index is 12.9. The van der Waals surface area contributed by atoms with Crippen molar-refractivity contribution in [3.8, 4) is 0 Å². The maximum Gasteiger partial charge on any atom is 0.291 e. The molecule has 0 bridgehead atoms. The summed E-state index contributed by atoms with van der Waals surface area (Å²) in [6.07, 6.45) is 2.62. The Hall–Kier alpha value is -3.53. The van der Waals surface area contributed by atoms with Crippen LogP contribution in [0.1, 0.15) is 28.3 Å². The molecule has 3 heterocycles. The lowest BCUT2D eigenvalue weighted by atomic mass is 10.2. The number of anilines is 1. The molecule has 0 radical (unpaired) electrons. The summed E-state index contributed by atoms with van der Waals surface area (Å²) in [5.74, 6) is 0.0706. The van der Waals surface area contributed by atoms with Crippen LogP contribution in [0.3, 0.4) is 0 Å². The Bertz CT molecular complexity index is 1060. The van der Waals surface area contributed by atoms with Crippen molar-refractivity contribution in [2.24, 2.45) is 0 Å². The van der Waals surface area contributed by atoms with E-state index in [0.29, 0.717) is 38.4 Å². The molecule has 162 valence electrons. The van der Waals surface area contributed by atoms with Gasteiger partial charge in [-0.25, -0.2) is 14.3 Å². The van der Waals surface area contributed by atoms with Crippen LogP contribution in [0, 0.1) is 0 Å². The lowest BCUT2D eigenvalue weighted by Crippen LogP contribution is -2.47. The van der Waals surface area contributed by atoms with E-state index < -0.39 is 11.9 Å². The number of nitrogens with one attached hydrogen (secondary N) is 1. The van der Waals surface area contributed by atoms with Crippen molar-refractivity contribution in [2.45, 2.75) is 32.0 Å². The number of methoxy groups -OCH3 is 1. The van der Waals surface area contributed by atoms with Crippen LogP contribution in [0.15, 0.2) is 42.7 Å². The van der Waals surface area contributed by atoms with Crippen molar-refractivity contribution < 1.29 is 14.3 Å². The van der Waals surface area contributed by atoms with E-state index in [1.807, 2.05) is 36.4 Å². The highest BCUT2D eigenvalue weighted by atomic mass is 16.5. The number of likely N-dealkylation sites (N-methyl/N-ethyl adjacent to an activating group) is 1. The van der Waals surface area contributed by atoms with Crippen LogP contribution in [-0.4, -0.2) is 63.2 Å². The number of nitrogens with zero attached hydrogens (tertiary/aromatic N) is 6. The average molecular weight is 423 g/mol. The normalized spacial score (nSPS) is 16.1. The molecular formula is C21H25N7O3. The van der Waals surface area contributed by atoms with Crippen LogP contribution in [0.2, 0.25) is 0 Å². The summed E-state index contributed by atoms with van der Waals surface area (Å²) < 4.78 is 8.49. The molecule has 1 aliphatic heterocycles. The second-order valence-corrected chi connectivity index (χ2v) is 7.42. The van der Waals surface area contributed by atoms with Gasteiger partial charge in [-0.1, -0.05) is 30.3 Å². The van der Waals surface area contributed by atoms with Gasteiger partial charge in [0.15, 0.2) is 0 Å². The molecule has 3 aromatic rings. The molecule has 0 unspecified atom stereocenters. The molecule has 4 rings (SSSR count). The predicted octanol–water partition coefficient (Wildman–Crippen LogP) is 0.877. The maximum absolute atomic E-state index is 12.9. The summed E-state index contributed by atoms with van der Waals surface area (Å²) in [6, 6.07) is 11.0. The number of hydrogen-bond donors (Lipinski definition) is 1. The molecule has 0 saturated carbocycles. The zero-order valence-electron chi connectivity index (χ0n) is 17.6. The van der Waals surface area contributed by atoms with E-state index in [2.05, 4.69) is 20.5 Å². The highest BCUT2D eigenvalue weighted by molar-refractivity contribution is 6.00. The molecule has 10 heteroatoms. The van der Waals surface area contributed by atoms with Gasteiger partial charge >= 0.3 is 0 Å². The third kappa shape index (κ3) is 4.64. The average Bonchev–Trinajstić information content (AvgIpc) is 3.39. The number of fused-ring (bicyclic) bond motifs is 1. The molecule has 10 nitrogen and oxygen atoms in total. The van der Waals surface area contributed by atoms with E-state index in [4.69, 9.17) is 4.74 Å². The predicted molar refractivity (Wildman–Crippen MR) is 113 cm³/mol. The van der Waals surface area contributed by atoms with Crippen LogP contribution in [0.5, 0.6) is 0 Å². The monoisotopic (exact) mass is 423 g/mol. The van der Waals surface area contributed by atoms with Gasteiger partial charge < -0.3 is 10.1 Å². The Balaban J connectivity index is 1.41. The highest BCUT2D eigenvalue weighted by Gasteiger charge is 2.31. The van der Waals surface area contributed by atoms with Gasteiger partial charge in [-0.05, 0) is 12.0 Å². The topological polar surface area (TPSA) is 107 Å². The highest BCUT2D eigenvalue weighted by Crippen LogP contribution is 2.21. The SMILES string of the molecule is COCCc1cc2n(n1)CC[C@H](NC(=O)c1ncn(Cc3ccccc3)n1)C(=O)N2C. The lowest BCUT2D eigenvalue weighted by molar-refractivity contribution is -0.120. The van der Waals surface area contributed by atoms with E-state index >= 15 is 0 Å². The third-order valence-corrected chi connectivity index (χ3v) is 5.21. The van der Waals surface area contributed by atoms with E-state index in [9.17, 15) is 9.59 Å². The molecule has 2 aromatic heterocycles. The second kappa shape index (κ2) is 9.09. The molecule has 0 fully saturated rings. The van der Waals surface area contributed by atoms with Crippen LogP contribution >= 0.6 is 0 Å². The molecule has 1 aliphatic rings. The van der Waals surface area contributed by atoms with Crippen molar-refractivity contribution in [1.29, 1.82) is 0 Å². The molecule has 1 atom stereocenters. The van der Waals surface area contributed by atoms with Crippen molar-refractivity contribution >= 4 is 17.6 Å². The van der Waals surface area contributed by atoms with Gasteiger partial charge in [0.1, 0.15) is 18.2 Å². The summed E-state index contributed by atoms with van der Waals surface area (Å²) in [6.45, 7) is 1.59. The first-order valence-corrected chi connectivity index (χ1v) is 10.1. The fourth-order valence-corrected chi connectivity index (χ4v) is 3.55. The lowest BCUT2D eigenvalue weighted by Gasteiger charge is -2.19. The number of aryl methyl sites for hydroxylation is 1. The Labute approximate surface area is 179 Å². The van der Waals surface area contributed by atoms with Crippen molar-refractivity contribution in [2.75, 3.05) is 25.7 Å². The number of hydrogen-bond acceptors (Lipinski definition) is 6. The van der Waals surface area contributed by atoms with Crippen LogP contribution in [0.25, 0.3) is 0 Å². The van der Waals surface area contributed by atoms with E-state index in [1.165, 1.54) is 11.2 Å². The van der Waals surface area contributed by atoms with E-state index in [1.54, 1.807) is 23.5 Å². The Morgan fingerprint density at radius 1 is 1.26 bits per heavy atom. The van der Waals surface area contributed by atoms with Crippen LogP contribution in [0.4, 0.5) is 5.82 Å². The number of aromatic nitrogens is 5. The summed E-state index contributed by atoms with van der Waals surface area (Å²) in [7, 11) is 3.33. The molecule has 0 aliphatic carbocycles. The summed E-state index contributed by atoms with van der Waals surface area (Å²) in [5.41, 5.74) is 1.92. The number of carbonyl (C=O) groups is 2. The minimum Gasteiger partial charge on any atom is -0.384 e. The van der Waals surface area contributed by atoms with Crippen LogP contribution in [-0.2, 0) is 29.0 Å². The first-order chi connectivity index (χ1) is 15.0. The molecular weight excluding hydrogens is 398 g/mol. The van der Waals surface area contributed by atoms with Gasteiger partial charge in [0.05, 0.1) is 18.8 Å². The summed E-state index contributed by atoms with van der Waals surface area (Å²) >= 11 is 0. The van der Waals surface area contributed by atoms with Crippen molar-refractivity contribution in [3.63, 3.8) is 0 Å². The first kappa shape index (κ1) is 20.7. The smallest absolute Gasteiger partial charge is 0.291 e. The molecule has 0 saturated heterocycles. The molecule has 1 N–H and O–H groups in total. The number of amides is 2. The van der Waals surface area contributed by atoms with E-state index in [0.717, 1.165) is 11.3 Å². The summed E-state index contributed by atoms with van der Waals surface area (Å²) in [4.78, 5) is 31.2.